The summed E-state index contributed by atoms with van der Waals surface area (Å²) in [6, 6.07) is 14.6. The molecule has 182 valence electrons. The molecular weight excluding hydrogens is 492 g/mol. The lowest BCUT2D eigenvalue weighted by Gasteiger charge is -2.23. The number of rotatable bonds is 8. The number of nitrogens with one attached hydrogen (secondary N) is 1. The average Bonchev–Trinajstić information content (AvgIpc) is 3.27. The Morgan fingerprint density at radius 3 is 2.54 bits per heavy atom. The van der Waals surface area contributed by atoms with E-state index in [2.05, 4.69) is 9.39 Å². The van der Waals surface area contributed by atoms with Crippen molar-refractivity contribution in [3.05, 3.63) is 59.7 Å². The molecule has 0 fully saturated rings. The van der Waals surface area contributed by atoms with Crippen molar-refractivity contribution in [1.29, 1.82) is 5.41 Å². The first-order valence-electron chi connectivity index (χ1n) is 10.5. The number of nitrogens with zero attached hydrogens (tertiary/aromatic N) is 3. The lowest BCUT2D eigenvalue weighted by Crippen LogP contribution is -2.45. The first kappa shape index (κ1) is 24.5. The highest BCUT2D eigenvalue weighted by Crippen LogP contribution is 2.32. The van der Waals surface area contributed by atoms with Crippen LogP contribution in [0.3, 0.4) is 0 Å². The van der Waals surface area contributed by atoms with Gasteiger partial charge in [0.1, 0.15) is 11.6 Å². The van der Waals surface area contributed by atoms with Crippen molar-refractivity contribution in [2.24, 2.45) is 9.39 Å². The maximum absolute atomic E-state index is 12.5. The molecule has 0 spiro atoms. The fourth-order valence-corrected chi connectivity index (χ4v) is 5.09. The molecule has 10 nitrogen and oxygen atoms in total. The van der Waals surface area contributed by atoms with Gasteiger partial charge in [-0.2, -0.15) is 9.39 Å². The molecule has 0 bridgehead atoms. The van der Waals surface area contributed by atoms with Gasteiger partial charge in [0.2, 0.25) is 20.2 Å². The number of ether oxygens (including phenoxy) is 3. The van der Waals surface area contributed by atoms with E-state index in [4.69, 9.17) is 19.6 Å². The Kier molecular flexibility index (Phi) is 7.22. The largest absolute Gasteiger partial charge is 0.493 e. The van der Waals surface area contributed by atoms with Crippen LogP contribution in [-0.4, -0.2) is 62.0 Å². The number of amides is 1. The molecule has 1 amide bonds. The Morgan fingerprint density at radius 2 is 1.83 bits per heavy atom. The van der Waals surface area contributed by atoms with Crippen molar-refractivity contribution in [2.45, 2.75) is 6.42 Å². The highest BCUT2D eigenvalue weighted by molar-refractivity contribution is 8.16. The van der Waals surface area contributed by atoms with Crippen LogP contribution in [0.15, 0.2) is 63.5 Å². The minimum Gasteiger partial charge on any atom is -0.493 e. The van der Waals surface area contributed by atoms with Gasteiger partial charge in [0.25, 0.3) is 5.91 Å². The zero-order valence-electron chi connectivity index (χ0n) is 18.9. The predicted molar refractivity (Wildman–Crippen MR) is 135 cm³/mol. The van der Waals surface area contributed by atoms with Gasteiger partial charge >= 0.3 is 0 Å². The first-order valence-corrected chi connectivity index (χ1v) is 13.1. The number of carbonyl (C=O) groups is 1. The first-order chi connectivity index (χ1) is 16.8. The van der Waals surface area contributed by atoms with Crippen molar-refractivity contribution in [1.82, 2.24) is 4.90 Å². The highest BCUT2D eigenvalue weighted by atomic mass is 32.2. The summed E-state index contributed by atoms with van der Waals surface area (Å²) in [6.07, 6.45) is 3.10. The predicted octanol–water partition coefficient (Wildman–Crippen LogP) is 3.16. The van der Waals surface area contributed by atoms with Gasteiger partial charge in [0.05, 0.1) is 37.8 Å². The van der Waals surface area contributed by atoms with Crippen LogP contribution in [0.4, 0.5) is 0 Å². The number of fused-ring (bicyclic) bond motifs is 1. The fraction of sp³-hybridized carbons (Fsp3) is 0.217. The second-order valence-electron chi connectivity index (χ2n) is 7.45. The standard InChI is InChI=1S/C23H22N4O6S2/c1-31-19-14-15(9-10-18(19)33-12-6-11-32-16-7-4-3-5-8-16)13-17-20(24)27-22(25-21(17)28)34-26-23(27)35(2,29)30/h3-5,7-10,13-14,24H,6,11-12H2,1-2H3/b17-13-,24-20?. The van der Waals surface area contributed by atoms with E-state index in [1.54, 1.807) is 18.2 Å². The minimum absolute atomic E-state index is 0.0372. The smallest absolute Gasteiger partial charge is 0.283 e. The summed E-state index contributed by atoms with van der Waals surface area (Å²) < 4.78 is 44.8. The monoisotopic (exact) mass is 514 g/mol. The summed E-state index contributed by atoms with van der Waals surface area (Å²) in [5.41, 5.74) is 0.486. The van der Waals surface area contributed by atoms with Crippen molar-refractivity contribution in [2.75, 3.05) is 26.6 Å². The van der Waals surface area contributed by atoms with Crippen LogP contribution in [0.5, 0.6) is 17.2 Å². The van der Waals surface area contributed by atoms with Gasteiger partial charge in [-0.05, 0) is 35.9 Å². The zero-order chi connectivity index (χ0) is 25.0. The topological polar surface area (TPSA) is 131 Å². The van der Waals surface area contributed by atoms with Gasteiger partial charge in [0, 0.05) is 12.7 Å². The molecule has 2 heterocycles. The molecule has 0 saturated carbocycles. The zero-order valence-corrected chi connectivity index (χ0v) is 20.6. The molecular formula is C23H22N4O6S2. The molecule has 2 aromatic carbocycles. The SMILES string of the molecule is COc1cc(/C=C2/C(=N)N3C(=NC2=O)SN=C3S(C)(=O)=O)ccc1OCCCOc1ccccc1. The highest BCUT2D eigenvalue weighted by Gasteiger charge is 2.41. The lowest BCUT2D eigenvalue weighted by molar-refractivity contribution is -0.114. The van der Waals surface area contributed by atoms with Crippen LogP contribution in [0.25, 0.3) is 6.08 Å². The Morgan fingerprint density at radius 1 is 1.09 bits per heavy atom. The second-order valence-corrected chi connectivity index (χ2v) is 10.1. The van der Waals surface area contributed by atoms with Crippen LogP contribution in [-0.2, 0) is 14.6 Å². The van der Waals surface area contributed by atoms with Crippen molar-refractivity contribution < 1.29 is 27.4 Å². The summed E-state index contributed by atoms with van der Waals surface area (Å²) >= 11 is 0.745. The average molecular weight is 515 g/mol. The molecule has 0 aliphatic carbocycles. The molecule has 2 aliphatic heterocycles. The second kappa shape index (κ2) is 10.3. The van der Waals surface area contributed by atoms with E-state index in [0.717, 1.165) is 28.9 Å². The molecule has 2 aromatic rings. The maximum Gasteiger partial charge on any atom is 0.283 e. The Balaban J connectivity index is 1.45. The maximum atomic E-state index is 12.5. The van der Waals surface area contributed by atoms with Crippen molar-refractivity contribution >= 4 is 49.9 Å². The third-order valence-corrected chi connectivity index (χ3v) is 6.64. The number of benzene rings is 2. The summed E-state index contributed by atoms with van der Waals surface area (Å²) in [6.45, 7) is 0.904. The molecule has 1 N–H and O–H groups in total. The van der Waals surface area contributed by atoms with Crippen molar-refractivity contribution in [3.8, 4) is 17.2 Å². The number of aliphatic imine (C=N–C) groups is 1. The van der Waals surface area contributed by atoms with Gasteiger partial charge in [-0.3, -0.25) is 10.2 Å². The summed E-state index contributed by atoms with van der Waals surface area (Å²) in [7, 11) is -2.22. The Bertz CT molecular complexity index is 1350. The van der Waals surface area contributed by atoms with Gasteiger partial charge in [-0.15, -0.1) is 0 Å². The molecule has 0 aromatic heterocycles. The third-order valence-electron chi connectivity index (χ3n) is 4.88. The number of carbonyl (C=O) groups excluding carboxylic acids is 1. The quantitative estimate of drug-likeness (QED) is 0.323. The van der Waals surface area contributed by atoms with Crippen LogP contribution in [0.1, 0.15) is 12.0 Å². The van der Waals surface area contributed by atoms with Crippen LogP contribution in [0.2, 0.25) is 0 Å². The fourth-order valence-electron chi connectivity index (χ4n) is 3.25. The van der Waals surface area contributed by atoms with E-state index in [1.807, 2.05) is 30.3 Å². The van der Waals surface area contributed by atoms with Crippen LogP contribution in [0, 0.1) is 5.41 Å². The normalized spacial score (nSPS) is 16.6. The Hall–Kier alpha value is -3.64. The molecule has 2 aliphatic rings. The van der Waals surface area contributed by atoms with Crippen LogP contribution < -0.4 is 14.2 Å². The van der Waals surface area contributed by atoms with E-state index in [1.165, 1.54) is 13.2 Å². The molecule has 12 heteroatoms. The number of methoxy groups -OCH3 is 1. The molecule has 0 saturated heterocycles. The Labute approximate surface area is 206 Å². The van der Waals surface area contributed by atoms with E-state index >= 15 is 0 Å². The van der Waals surface area contributed by atoms with E-state index < -0.39 is 15.7 Å². The number of hydrogen-bond donors (Lipinski definition) is 1. The molecule has 0 atom stereocenters. The van der Waals surface area contributed by atoms with Gasteiger partial charge < -0.3 is 14.2 Å². The molecule has 0 radical (unpaired) electrons. The molecule has 35 heavy (non-hydrogen) atoms. The number of hydrogen-bond acceptors (Lipinski definition) is 9. The number of para-hydroxylation sites is 1. The lowest BCUT2D eigenvalue weighted by atomic mass is 10.1. The third kappa shape index (κ3) is 5.54. The van der Waals surface area contributed by atoms with E-state index in [9.17, 15) is 13.2 Å². The van der Waals surface area contributed by atoms with Gasteiger partial charge in [0.15, 0.2) is 11.5 Å². The summed E-state index contributed by atoms with van der Waals surface area (Å²) in [5.74, 6) is 0.784. The van der Waals surface area contributed by atoms with Crippen LogP contribution >= 0.6 is 11.9 Å². The van der Waals surface area contributed by atoms with Crippen molar-refractivity contribution in [3.63, 3.8) is 0 Å². The summed E-state index contributed by atoms with van der Waals surface area (Å²) in [4.78, 5) is 17.5. The summed E-state index contributed by atoms with van der Waals surface area (Å²) in [5, 5.41) is 8.13. The molecule has 4 rings (SSSR count). The van der Waals surface area contributed by atoms with Gasteiger partial charge in [-0.25, -0.2) is 13.3 Å². The number of sulfone groups is 1. The number of amidine groups is 3. The van der Waals surface area contributed by atoms with Gasteiger partial charge in [-0.1, -0.05) is 24.3 Å². The van der Waals surface area contributed by atoms with E-state index in [0.29, 0.717) is 36.7 Å². The van der Waals surface area contributed by atoms with E-state index in [-0.39, 0.29) is 21.7 Å². The molecule has 0 unspecified atom stereocenters. The minimum atomic E-state index is -3.72.